The van der Waals surface area contributed by atoms with Gasteiger partial charge in [-0.1, -0.05) is 6.08 Å². The molecule has 0 atom stereocenters. The fraction of sp³-hybridized carbons (Fsp3) is 0.429. The van der Waals surface area contributed by atoms with Crippen LogP contribution in [0.15, 0.2) is 18.3 Å². The lowest BCUT2D eigenvalue weighted by molar-refractivity contribution is -0.137. The average molecular weight is 281 g/mol. The van der Waals surface area contributed by atoms with Crippen LogP contribution in [0.5, 0.6) is 0 Å². The number of aromatic nitrogens is 3. The smallest absolute Gasteiger partial charge is 0.312 e. The predicted octanol–water partition coefficient (Wildman–Crippen LogP) is 3.94. The van der Waals surface area contributed by atoms with Gasteiger partial charge in [-0.25, -0.2) is 9.97 Å². The number of allylic oxidation sites excluding steroid dienone is 2. The highest BCUT2D eigenvalue weighted by Crippen LogP contribution is 2.32. The molecule has 0 amide bonds. The van der Waals surface area contributed by atoms with Crippen molar-refractivity contribution < 1.29 is 13.2 Å². The lowest BCUT2D eigenvalue weighted by Gasteiger charge is -2.11. The van der Waals surface area contributed by atoms with Gasteiger partial charge in [-0.3, -0.25) is 0 Å². The molecular formula is C14H14F3N3. The van der Waals surface area contributed by atoms with Gasteiger partial charge in [0.25, 0.3) is 0 Å². The molecule has 0 bridgehead atoms. The van der Waals surface area contributed by atoms with Gasteiger partial charge in [0.1, 0.15) is 11.3 Å². The van der Waals surface area contributed by atoms with Gasteiger partial charge in [0, 0.05) is 13.2 Å². The molecule has 0 saturated carbocycles. The lowest BCUT2D eigenvalue weighted by atomic mass is 9.99. The van der Waals surface area contributed by atoms with Crippen LogP contribution in [0.4, 0.5) is 13.2 Å². The van der Waals surface area contributed by atoms with Crippen molar-refractivity contribution in [2.24, 2.45) is 7.05 Å². The van der Waals surface area contributed by atoms with E-state index in [1.807, 2.05) is 0 Å². The van der Waals surface area contributed by atoms with Crippen molar-refractivity contribution in [3.05, 3.63) is 29.7 Å². The number of alkyl halides is 3. The SMILES string of the molecule is Cn1c(C2=CCCCC2)nc2cc(C(F)(F)F)cnc21. The largest absolute Gasteiger partial charge is 0.417 e. The molecule has 0 N–H and O–H groups in total. The molecule has 2 heterocycles. The van der Waals surface area contributed by atoms with E-state index in [-0.39, 0.29) is 0 Å². The highest BCUT2D eigenvalue weighted by molar-refractivity contribution is 5.77. The van der Waals surface area contributed by atoms with E-state index in [1.165, 1.54) is 0 Å². The maximum atomic E-state index is 12.7. The number of pyridine rings is 1. The molecule has 3 nitrogen and oxygen atoms in total. The third-order valence-electron chi connectivity index (χ3n) is 3.61. The molecule has 0 fully saturated rings. The van der Waals surface area contributed by atoms with Crippen LogP contribution in [0, 0.1) is 0 Å². The van der Waals surface area contributed by atoms with E-state index in [0.29, 0.717) is 11.2 Å². The highest BCUT2D eigenvalue weighted by Gasteiger charge is 2.31. The number of fused-ring (bicyclic) bond motifs is 1. The van der Waals surface area contributed by atoms with E-state index in [0.717, 1.165) is 49.3 Å². The summed E-state index contributed by atoms with van der Waals surface area (Å²) in [6.45, 7) is 0. The standard InChI is InChI=1S/C14H14F3N3/c1-20-12(9-5-3-2-4-6-9)19-11-7-10(14(15,16)17)8-18-13(11)20/h5,7-8H,2-4,6H2,1H3. The summed E-state index contributed by atoms with van der Waals surface area (Å²) in [5.74, 6) is 0.728. The molecule has 20 heavy (non-hydrogen) atoms. The van der Waals surface area contributed by atoms with Crippen LogP contribution in [-0.4, -0.2) is 14.5 Å². The Morgan fingerprint density at radius 3 is 2.70 bits per heavy atom. The molecule has 0 unspecified atom stereocenters. The Labute approximate surface area is 114 Å². The third kappa shape index (κ3) is 2.19. The van der Waals surface area contributed by atoms with Crippen LogP contribution in [0.3, 0.4) is 0 Å². The summed E-state index contributed by atoms with van der Waals surface area (Å²) in [7, 11) is 1.79. The molecule has 0 aliphatic heterocycles. The highest BCUT2D eigenvalue weighted by atomic mass is 19.4. The first kappa shape index (κ1) is 13.1. The zero-order valence-corrected chi connectivity index (χ0v) is 11.0. The summed E-state index contributed by atoms with van der Waals surface area (Å²) in [5, 5.41) is 0. The molecule has 1 aliphatic rings. The number of aryl methyl sites for hydroxylation is 1. The van der Waals surface area contributed by atoms with Gasteiger partial charge < -0.3 is 4.57 Å². The number of imidazole rings is 1. The topological polar surface area (TPSA) is 30.7 Å². The minimum Gasteiger partial charge on any atom is -0.312 e. The number of rotatable bonds is 1. The van der Waals surface area contributed by atoms with Crippen molar-refractivity contribution in [1.29, 1.82) is 0 Å². The van der Waals surface area contributed by atoms with E-state index >= 15 is 0 Å². The Bertz CT molecular complexity index is 683. The molecule has 3 rings (SSSR count). The number of hydrogen-bond acceptors (Lipinski definition) is 2. The van der Waals surface area contributed by atoms with Crippen LogP contribution < -0.4 is 0 Å². The molecule has 0 spiro atoms. The minimum atomic E-state index is -4.39. The van der Waals surface area contributed by atoms with E-state index < -0.39 is 11.7 Å². The van der Waals surface area contributed by atoms with Crippen LogP contribution >= 0.6 is 0 Å². The predicted molar refractivity (Wildman–Crippen MR) is 70.0 cm³/mol. The molecule has 106 valence electrons. The summed E-state index contributed by atoms with van der Waals surface area (Å²) in [5.41, 5.74) is 1.13. The molecule has 0 aromatic carbocycles. The fourth-order valence-electron chi connectivity index (χ4n) is 2.56. The van der Waals surface area contributed by atoms with Gasteiger partial charge in [-0.05, 0) is 37.3 Å². The molecule has 0 radical (unpaired) electrons. The monoisotopic (exact) mass is 281 g/mol. The Hall–Kier alpha value is -1.85. The van der Waals surface area contributed by atoms with Crippen molar-refractivity contribution in [2.45, 2.75) is 31.9 Å². The van der Waals surface area contributed by atoms with Gasteiger partial charge in [0.2, 0.25) is 0 Å². The van der Waals surface area contributed by atoms with Crippen molar-refractivity contribution in [3.63, 3.8) is 0 Å². The Kier molecular flexibility index (Phi) is 3.03. The van der Waals surface area contributed by atoms with E-state index in [1.54, 1.807) is 11.6 Å². The van der Waals surface area contributed by atoms with E-state index in [4.69, 9.17) is 0 Å². The second-order valence-electron chi connectivity index (χ2n) is 5.03. The average Bonchev–Trinajstić information content (AvgIpc) is 2.76. The van der Waals surface area contributed by atoms with Crippen molar-refractivity contribution in [1.82, 2.24) is 14.5 Å². The Balaban J connectivity index is 2.12. The first-order valence-electron chi connectivity index (χ1n) is 6.56. The maximum Gasteiger partial charge on any atom is 0.417 e. The fourth-order valence-corrected chi connectivity index (χ4v) is 2.56. The molecule has 6 heteroatoms. The first-order valence-corrected chi connectivity index (χ1v) is 6.56. The summed E-state index contributed by atoms with van der Waals surface area (Å²) in [4.78, 5) is 8.26. The van der Waals surface area contributed by atoms with Gasteiger partial charge in [0.15, 0.2) is 5.65 Å². The second kappa shape index (κ2) is 4.61. The normalized spacial score (nSPS) is 16.5. The molecular weight excluding hydrogens is 267 g/mol. The molecule has 1 aliphatic carbocycles. The first-order chi connectivity index (χ1) is 9.47. The third-order valence-corrected chi connectivity index (χ3v) is 3.61. The van der Waals surface area contributed by atoms with Gasteiger partial charge >= 0.3 is 6.18 Å². The second-order valence-corrected chi connectivity index (χ2v) is 5.03. The van der Waals surface area contributed by atoms with Crippen molar-refractivity contribution in [2.75, 3.05) is 0 Å². The zero-order chi connectivity index (χ0) is 14.3. The summed E-state index contributed by atoms with van der Waals surface area (Å²) >= 11 is 0. The van der Waals surface area contributed by atoms with Crippen molar-refractivity contribution in [3.8, 4) is 0 Å². The minimum absolute atomic E-state index is 0.295. The van der Waals surface area contributed by atoms with Gasteiger partial charge in [0.05, 0.1) is 5.56 Å². The van der Waals surface area contributed by atoms with E-state index in [2.05, 4.69) is 16.0 Å². The van der Waals surface area contributed by atoms with Gasteiger partial charge in [-0.2, -0.15) is 13.2 Å². The molecule has 0 saturated heterocycles. The Morgan fingerprint density at radius 2 is 2.05 bits per heavy atom. The number of nitrogens with zero attached hydrogens (tertiary/aromatic N) is 3. The number of halogens is 3. The summed E-state index contributed by atoms with van der Waals surface area (Å²) in [6, 6.07) is 1.06. The van der Waals surface area contributed by atoms with Crippen LogP contribution in [0.25, 0.3) is 16.7 Å². The maximum absolute atomic E-state index is 12.7. The van der Waals surface area contributed by atoms with E-state index in [9.17, 15) is 13.2 Å². The van der Waals surface area contributed by atoms with Crippen LogP contribution in [-0.2, 0) is 13.2 Å². The Morgan fingerprint density at radius 1 is 1.25 bits per heavy atom. The molecule has 2 aromatic rings. The van der Waals surface area contributed by atoms with Crippen LogP contribution in [0.1, 0.15) is 37.1 Å². The number of hydrogen-bond donors (Lipinski definition) is 0. The summed E-state index contributed by atoms with van der Waals surface area (Å²) in [6.07, 6.45) is 2.77. The van der Waals surface area contributed by atoms with Crippen LogP contribution in [0.2, 0.25) is 0 Å². The molecule has 2 aromatic heterocycles. The zero-order valence-electron chi connectivity index (χ0n) is 11.0. The lowest BCUT2D eigenvalue weighted by Crippen LogP contribution is -2.05. The van der Waals surface area contributed by atoms with Gasteiger partial charge in [-0.15, -0.1) is 0 Å². The van der Waals surface area contributed by atoms with Crippen molar-refractivity contribution >= 4 is 16.7 Å². The summed E-state index contributed by atoms with van der Waals surface area (Å²) < 4.78 is 39.8. The quantitative estimate of drug-likeness (QED) is 0.792.